The Morgan fingerprint density at radius 2 is 1.93 bits per heavy atom. The maximum atomic E-state index is 12.3. The number of halogens is 1. The van der Waals surface area contributed by atoms with Crippen LogP contribution in [0.5, 0.6) is 5.75 Å². The third-order valence-corrected chi connectivity index (χ3v) is 4.22. The van der Waals surface area contributed by atoms with E-state index in [1.54, 1.807) is 61.6 Å². The van der Waals surface area contributed by atoms with Crippen LogP contribution in [0.3, 0.4) is 0 Å². The fourth-order valence-corrected chi connectivity index (χ4v) is 3.06. The Kier molecular flexibility index (Phi) is 7.72. The Labute approximate surface area is 176 Å². The molecule has 0 spiro atoms. The highest BCUT2D eigenvalue weighted by Crippen LogP contribution is 2.31. The highest BCUT2D eigenvalue weighted by Gasteiger charge is 2.14. The van der Waals surface area contributed by atoms with Crippen molar-refractivity contribution in [2.24, 2.45) is 5.10 Å². The third kappa shape index (κ3) is 5.79. The van der Waals surface area contributed by atoms with E-state index in [4.69, 9.17) is 4.74 Å². The van der Waals surface area contributed by atoms with Crippen molar-refractivity contribution in [3.63, 3.8) is 0 Å². The molecular weight excluding hydrogens is 442 g/mol. The topological polar surface area (TPSA) is 109 Å². The number of non-ortho nitro benzene ring substituents is 1. The van der Waals surface area contributed by atoms with E-state index >= 15 is 0 Å². The predicted molar refractivity (Wildman–Crippen MR) is 118 cm³/mol. The predicted octanol–water partition coefficient (Wildman–Crippen LogP) is 4.88. The van der Waals surface area contributed by atoms with E-state index < -0.39 is 11.0 Å². The standard InChI is InChI=1S/C19H20BrN5O4/c1-4-21-24(2)17(12-20)16-11-14(8-9-18(16)29-3)23-19(26)22-13-6-5-7-15(10-13)25(27)28/h4-12H,1-3H3,(H2,22,23,26)/b17-12+,21-4-. The summed E-state index contributed by atoms with van der Waals surface area (Å²) >= 11 is 3.34. The summed E-state index contributed by atoms with van der Waals surface area (Å²) < 4.78 is 5.42. The summed E-state index contributed by atoms with van der Waals surface area (Å²) in [6.07, 6.45) is 1.65. The van der Waals surface area contributed by atoms with Gasteiger partial charge < -0.3 is 15.4 Å². The van der Waals surface area contributed by atoms with Crippen LogP contribution in [0.1, 0.15) is 12.5 Å². The van der Waals surface area contributed by atoms with E-state index in [0.717, 1.165) is 0 Å². The van der Waals surface area contributed by atoms with Gasteiger partial charge in [-0.15, -0.1) is 0 Å². The first-order valence-electron chi connectivity index (χ1n) is 8.43. The highest BCUT2D eigenvalue weighted by molar-refractivity contribution is 9.11. The van der Waals surface area contributed by atoms with E-state index in [-0.39, 0.29) is 5.69 Å². The van der Waals surface area contributed by atoms with Crippen molar-refractivity contribution < 1.29 is 14.5 Å². The Bertz CT molecular complexity index is 961. The second kappa shape index (κ2) is 10.2. The fraction of sp³-hybridized carbons (Fsp3) is 0.158. The molecule has 0 atom stereocenters. The molecule has 10 heteroatoms. The lowest BCUT2D eigenvalue weighted by atomic mass is 10.1. The maximum Gasteiger partial charge on any atom is 0.323 e. The zero-order valence-electron chi connectivity index (χ0n) is 16.0. The number of nitrogens with zero attached hydrogens (tertiary/aromatic N) is 3. The van der Waals surface area contributed by atoms with Gasteiger partial charge >= 0.3 is 6.03 Å². The number of anilines is 2. The molecule has 0 bridgehead atoms. The summed E-state index contributed by atoms with van der Waals surface area (Å²) in [6, 6.07) is 10.3. The number of hydrogen-bond donors (Lipinski definition) is 2. The first kappa shape index (κ1) is 21.9. The molecule has 0 aromatic heterocycles. The lowest BCUT2D eigenvalue weighted by Gasteiger charge is -2.20. The Morgan fingerprint density at radius 3 is 2.52 bits per heavy atom. The molecular formula is C19H20BrN5O4. The second-order valence-electron chi connectivity index (χ2n) is 5.69. The second-order valence-corrected chi connectivity index (χ2v) is 6.15. The zero-order chi connectivity index (χ0) is 21.4. The minimum absolute atomic E-state index is 0.110. The SMILES string of the molecule is C/C=N\N(C)/C(=C/Br)c1cc(NC(=O)Nc2cccc([N+](=O)[O-])c2)ccc1OC. The Hall–Kier alpha value is -3.40. The van der Waals surface area contributed by atoms with Crippen LogP contribution >= 0.6 is 15.9 Å². The summed E-state index contributed by atoms with van der Waals surface area (Å²) in [5.41, 5.74) is 2.11. The lowest BCUT2D eigenvalue weighted by molar-refractivity contribution is -0.384. The third-order valence-electron chi connectivity index (χ3n) is 3.79. The first-order valence-corrected chi connectivity index (χ1v) is 9.34. The zero-order valence-corrected chi connectivity index (χ0v) is 17.6. The number of nitro groups is 1. The molecule has 0 unspecified atom stereocenters. The van der Waals surface area contributed by atoms with Gasteiger partial charge in [-0.25, -0.2) is 4.79 Å². The minimum atomic E-state index is -0.536. The van der Waals surface area contributed by atoms with E-state index in [1.165, 1.54) is 18.2 Å². The van der Waals surface area contributed by atoms with Crippen LogP contribution in [-0.2, 0) is 0 Å². The Morgan fingerprint density at radius 1 is 1.24 bits per heavy atom. The van der Waals surface area contributed by atoms with Gasteiger partial charge in [0.2, 0.25) is 0 Å². The van der Waals surface area contributed by atoms with Crippen molar-refractivity contribution in [2.45, 2.75) is 6.92 Å². The molecule has 0 aliphatic rings. The molecule has 0 saturated carbocycles. The summed E-state index contributed by atoms with van der Waals surface area (Å²) in [7, 11) is 3.33. The maximum absolute atomic E-state index is 12.3. The number of ether oxygens (including phenoxy) is 1. The number of hydrazone groups is 1. The molecule has 2 aromatic rings. The molecule has 0 aliphatic heterocycles. The quantitative estimate of drug-likeness (QED) is 0.346. The lowest BCUT2D eigenvalue weighted by Crippen LogP contribution is -2.19. The Balaban J connectivity index is 2.24. The van der Waals surface area contributed by atoms with Crippen LogP contribution in [0.2, 0.25) is 0 Å². The van der Waals surface area contributed by atoms with Crippen LogP contribution in [0.4, 0.5) is 21.9 Å². The summed E-state index contributed by atoms with van der Waals surface area (Å²) in [5, 5.41) is 22.0. The molecule has 0 fully saturated rings. The largest absolute Gasteiger partial charge is 0.496 e. The minimum Gasteiger partial charge on any atom is -0.496 e. The van der Waals surface area contributed by atoms with Crippen LogP contribution in [-0.4, -0.2) is 36.3 Å². The van der Waals surface area contributed by atoms with Crippen molar-refractivity contribution in [1.29, 1.82) is 0 Å². The van der Waals surface area contributed by atoms with Gasteiger partial charge in [-0.05, 0) is 31.2 Å². The van der Waals surface area contributed by atoms with Crippen molar-refractivity contribution >= 4 is 50.9 Å². The van der Waals surface area contributed by atoms with Crippen LogP contribution in [0, 0.1) is 10.1 Å². The molecule has 2 rings (SSSR count). The van der Waals surface area contributed by atoms with E-state index in [2.05, 4.69) is 31.7 Å². The normalized spacial score (nSPS) is 11.2. The summed E-state index contributed by atoms with van der Waals surface area (Å²) in [4.78, 5) is 24.4. The number of nitrogens with one attached hydrogen (secondary N) is 2. The number of urea groups is 1. The van der Waals surface area contributed by atoms with Crippen LogP contribution in [0.15, 0.2) is 52.6 Å². The average molecular weight is 462 g/mol. The van der Waals surface area contributed by atoms with Gasteiger partial charge in [0.25, 0.3) is 5.69 Å². The van der Waals surface area contributed by atoms with Crippen molar-refractivity contribution in [1.82, 2.24) is 5.01 Å². The molecule has 0 radical (unpaired) electrons. The van der Waals surface area contributed by atoms with Gasteiger partial charge in [-0.1, -0.05) is 22.0 Å². The van der Waals surface area contributed by atoms with Gasteiger partial charge in [-0.3, -0.25) is 15.1 Å². The van der Waals surface area contributed by atoms with Gasteiger partial charge in [0.1, 0.15) is 5.75 Å². The molecule has 9 nitrogen and oxygen atoms in total. The van der Waals surface area contributed by atoms with E-state index in [9.17, 15) is 14.9 Å². The molecule has 152 valence electrons. The van der Waals surface area contributed by atoms with Crippen LogP contribution < -0.4 is 15.4 Å². The monoisotopic (exact) mass is 461 g/mol. The molecule has 29 heavy (non-hydrogen) atoms. The fourth-order valence-electron chi connectivity index (χ4n) is 2.52. The van der Waals surface area contributed by atoms with Crippen molar-refractivity contribution in [3.05, 3.63) is 63.1 Å². The summed E-state index contributed by atoms with van der Waals surface area (Å²) in [6.45, 7) is 1.80. The molecule has 0 aliphatic carbocycles. The van der Waals surface area contributed by atoms with Crippen molar-refractivity contribution in [2.75, 3.05) is 24.8 Å². The van der Waals surface area contributed by atoms with Gasteiger partial charge in [-0.2, -0.15) is 5.10 Å². The number of nitro benzene ring substituents is 1. The number of amides is 2. The number of hydrogen-bond acceptors (Lipinski definition) is 6. The van der Waals surface area contributed by atoms with Gasteiger partial charge in [0, 0.05) is 47.3 Å². The number of methoxy groups -OCH3 is 1. The van der Waals surface area contributed by atoms with Crippen LogP contribution in [0.25, 0.3) is 5.70 Å². The highest BCUT2D eigenvalue weighted by atomic mass is 79.9. The molecule has 0 saturated heterocycles. The molecule has 2 amide bonds. The summed E-state index contributed by atoms with van der Waals surface area (Å²) in [5.74, 6) is 0.596. The molecule has 0 heterocycles. The number of carbonyl (C=O) groups excluding carboxylic acids is 1. The molecule has 2 N–H and O–H groups in total. The van der Waals surface area contributed by atoms with E-state index in [1.807, 2.05) is 0 Å². The number of carbonyl (C=O) groups is 1. The van der Waals surface area contributed by atoms with Crippen molar-refractivity contribution in [3.8, 4) is 5.75 Å². The average Bonchev–Trinajstić information content (AvgIpc) is 2.69. The number of benzene rings is 2. The van der Waals surface area contributed by atoms with Gasteiger partial charge in [0.05, 0.1) is 17.7 Å². The molecule has 2 aromatic carbocycles. The first-order chi connectivity index (χ1) is 13.9. The number of rotatable bonds is 7. The smallest absolute Gasteiger partial charge is 0.323 e. The van der Waals surface area contributed by atoms with Gasteiger partial charge in [0.15, 0.2) is 0 Å². The van der Waals surface area contributed by atoms with E-state index in [0.29, 0.717) is 28.4 Å².